The van der Waals surface area contributed by atoms with Gasteiger partial charge in [-0.05, 0) is 6.92 Å². The van der Waals surface area contributed by atoms with Gasteiger partial charge in [0.2, 0.25) is 0 Å². The van der Waals surface area contributed by atoms with E-state index in [2.05, 4.69) is 14.9 Å². The van der Waals surface area contributed by atoms with E-state index in [1.807, 2.05) is 0 Å². The fourth-order valence-electron chi connectivity index (χ4n) is 1.23. The number of nitrogens with zero attached hydrogens (tertiary/aromatic N) is 1. The van der Waals surface area contributed by atoms with Gasteiger partial charge in [-0.1, -0.05) is 0 Å². The van der Waals surface area contributed by atoms with E-state index in [9.17, 15) is 17.4 Å². The van der Waals surface area contributed by atoms with E-state index in [0.29, 0.717) is 0 Å². The summed E-state index contributed by atoms with van der Waals surface area (Å²) in [6, 6.07) is 0. The third-order valence-corrected chi connectivity index (χ3v) is 4.26. The molecule has 1 heterocycles. The average Bonchev–Trinajstić information content (AvgIpc) is 2.78. The standard InChI is InChI=1S/C9H15N3O5S2/c1-3-17-9(13)7-6-10-12-8(7)19(15,16)11-4-5-18(2)14/h6,11H,3-5H2,1-2H3,(H,10,12). The summed E-state index contributed by atoms with van der Waals surface area (Å²) in [5, 5.41) is 5.42. The van der Waals surface area contributed by atoms with Crippen LogP contribution in [0.3, 0.4) is 0 Å². The lowest BCUT2D eigenvalue weighted by atomic mass is 10.4. The molecule has 0 saturated heterocycles. The van der Waals surface area contributed by atoms with Crippen LogP contribution in [0.1, 0.15) is 17.3 Å². The monoisotopic (exact) mass is 309 g/mol. The highest BCUT2D eigenvalue weighted by Gasteiger charge is 2.25. The van der Waals surface area contributed by atoms with Crippen molar-refractivity contribution in [3.8, 4) is 0 Å². The Morgan fingerprint density at radius 1 is 1.58 bits per heavy atom. The fourth-order valence-corrected chi connectivity index (χ4v) is 2.86. The van der Waals surface area contributed by atoms with Crippen LogP contribution in [0.25, 0.3) is 0 Å². The molecule has 0 aliphatic rings. The van der Waals surface area contributed by atoms with Crippen molar-refractivity contribution in [3.63, 3.8) is 0 Å². The Kier molecular flexibility index (Phi) is 5.63. The quantitative estimate of drug-likeness (QED) is 0.639. The van der Waals surface area contributed by atoms with Crippen molar-refractivity contribution >= 4 is 26.8 Å². The molecule has 0 amide bonds. The molecule has 0 radical (unpaired) electrons. The number of aromatic nitrogens is 2. The minimum absolute atomic E-state index is 0.00668. The van der Waals surface area contributed by atoms with E-state index >= 15 is 0 Å². The van der Waals surface area contributed by atoms with Gasteiger partial charge < -0.3 is 4.74 Å². The Labute approximate surface area is 113 Å². The number of rotatable bonds is 7. The lowest BCUT2D eigenvalue weighted by molar-refractivity contribution is 0.0522. The van der Waals surface area contributed by atoms with Crippen molar-refractivity contribution in [3.05, 3.63) is 11.8 Å². The highest BCUT2D eigenvalue weighted by Crippen LogP contribution is 2.12. The summed E-state index contributed by atoms with van der Waals surface area (Å²) in [5.41, 5.74) is -0.160. The number of ether oxygens (including phenoxy) is 1. The topological polar surface area (TPSA) is 118 Å². The number of carbonyl (C=O) groups is 1. The normalized spacial score (nSPS) is 13.2. The Balaban J connectivity index is 2.87. The zero-order chi connectivity index (χ0) is 14.5. The SMILES string of the molecule is CCOC(=O)c1cn[nH]c1S(=O)(=O)NCCS(C)=O. The smallest absolute Gasteiger partial charge is 0.342 e. The van der Waals surface area contributed by atoms with Crippen molar-refractivity contribution in [2.24, 2.45) is 0 Å². The van der Waals surface area contributed by atoms with Gasteiger partial charge in [0.1, 0.15) is 5.56 Å². The third-order valence-electron chi connectivity index (χ3n) is 2.05. The molecule has 1 aromatic heterocycles. The Morgan fingerprint density at radius 3 is 2.84 bits per heavy atom. The molecule has 0 aliphatic carbocycles. The van der Waals surface area contributed by atoms with Crippen LogP contribution in [0, 0.1) is 0 Å². The summed E-state index contributed by atoms with van der Waals surface area (Å²) in [6.45, 7) is 1.75. The zero-order valence-electron chi connectivity index (χ0n) is 10.5. The molecule has 0 aliphatic heterocycles. The average molecular weight is 309 g/mol. The van der Waals surface area contributed by atoms with Crippen LogP contribution in [-0.4, -0.2) is 54.0 Å². The van der Waals surface area contributed by atoms with Crippen molar-refractivity contribution in [2.75, 3.05) is 25.2 Å². The number of aromatic amines is 1. The van der Waals surface area contributed by atoms with Gasteiger partial charge in [-0.15, -0.1) is 0 Å². The highest BCUT2D eigenvalue weighted by atomic mass is 32.2. The molecule has 2 N–H and O–H groups in total. The van der Waals surface area contributed by atoms with Gasteiger partial charge in [-0.3, -0.25) is 9.31 Å². The third kappa shape index (κ3) is 4.40. The van der Waals surface area contributed by atoms with Crippen molar-refractivity contribution < 1.29 is 22.2 Å². The first-order valence-electron chi connectivity index (χ1n) is 5.38. The molecule has 1 aromatic rings. The second kappa shape index (κ2) is 6.78. The maximum absolute atomic E-state index is 11.9. The maximum atomic E-state index is 11.9. The van der Waals surface area contributed by atoms with Crippen LogP contribution in [0.5, 0.6) is 0 Å². The minimum Gasteiger partial charge on any atom is -0.462 e. The van der Waals surface area contributed by atoms with Gasteiger partial charge in [0.15, 0.2) is 5.03 Å². The lowest BCUT2D eigenvalue weighted by Crippen LogP contribution is -2.29. The van der Waals surface area contributed by atoms with Crippen molar-refractivity contribution in [2.45, 2.75) is 11.9 Å². The molecule has 8 nitrogen and oxygen atoms in total. The number of nitrogens with one attached hydrogen (secondary N) is 2. The van der Waals surface area contributed by atoms with E-state index in [-0.39, 0.29) is 29.5 Å². The molecule has 0 aromatic carbocycles. The van der Waals surface area contributed by atoms with Gasteiger partial charge in [0, 0.05) is 29.4 Å². The van der Waals surface area contributed by atoms with Crippen LogP contribution < -0.4 is 4.72 Å². The molecule has 0 bridgehead atoms. The summed E-state index contributed by atoms with van der Waals surface area (Å²) in [5.74, 6) is -0.585. The lowest BCUT2D eigenvalue weighted by Gasteiger charge is -2.06. The van der Waals surface area contributed by atoms with Crippen molar-refractivity contribution in [1.29, 1.82) is 0 Å². The number of hydrogen-bond acceptors (Lipinski definition) is 6. The van der Waals surface area contributed by atoms with Gasteiger partial charge in [-0.2, -0.15) is 5.10 Å². The Hall–Kier alpha value is -1.26. The molecule has 108 valence electrons. The molecule has 1 atom stereocenters. The number of sulfonamides is 1. The summed E-state index contributed by atoms with van der Waals surface area (Å²) in [7, 11) is -5.02. The number of hydrogen-bond donors (Lipinski definition) is 2. The number of H-pyrrole nitrogens is 1. The molecule has 19 heavy (non-hydrogen) atoms. The second-order valence-electron chi connectivity index (χ2n) is 3.51. The molecule has 10 heteroatoms. The van der Waals surface area contributed by atoms with Crippen LogP contribution in [0.15, 0.2) is 11.2 Å². The minimum atomic E-state index is -3.91. The van der Waals surface area contributed by atoms with Crippen LogP contribution in [0.4, 0.5) is 0 Å². The van der Waals surface area contributed by atoms with Gasteiger partial charge >= 0.3 is 5.97 Å². The van der Waals surface area contributed by atoms with Crippen LogP contribution in [-0.2, 0) is 25.6 Å². The van der Waals surface area contributed by atoms with E-state index < -0.39 is 26.8 Å². The zero-order valence-corrected chi connectivity index (χ0v) is 12.1. The second-order valence-corrected chi connectivity index (χ2v) is 6.77. The largest absolute Gasteiger partial charge is 0.462 e. The summed E-state index contributed by atoms with van der Waals surface area (Å²) < 4.78 is 41.6. The van der Waals surface area contributed by atoms with E-state index in [0.717, 1.165) is 6.20 Å². The maximum Gasteiger partial charge on any atom is 0.342 e. The van der Waals surface area contributed by atoms with E-state index in [4.69, 9.17) is 4.74 Å². The van der Waals surface area contributed by atoms with Crippen LogP contribution >= 0.6 is 0 Å². The molecule has 0 spiro atoms. The van der Waals surface area contributed by atoms with Gasteiger partial charge in [-0.25, -0.2) is 17.9 Å². The summed E-state index contributed by atoms with van der Waals surface area (Å²) in [6.07, 6.45) is 2.55. The fraction of sp³-hybridized carbons (Fsp3) is 0.556. The van der Waals surface area contributed by atoms with Crippen molar-refractivity contribution in [1.82, 2.24) is 14.9 Å². The molecule has 0 saturated carbocycles. The molecule has 1 unspecified atom stereocenters. The molecular weight excluding hydrogens is 294 g/mol. The van der Waals surface area contributed by atoms with Gasteiger partial charge in [0.25, 0.3) is 10.0 Å². The van der Waals surface area contributed by atoms with Crippen LogP contribution in [0.2, 0.25) is 0 Å². The predicted octanol–water partition coefficient (Wildman–Crippen LogP) is -0.757. The first-order valence-corrected chi connectivity index (χ1v) is 8.59. The number of esters is 1. The molecule has 1 rings (SSSR count). The predicted molar refractivity (Wildman–Crippen MR) is 68.7 cm³/mol. The molecular formula is C9H15N3O5S2. The number of carbonyl (C=O) groups excluding carboxylic acids is 1. The first-order chi connectivity index (χ1) is 8.88. The summed E-state index contributed by atoms with van der Waals surface area (Å²) >= 11 is 0. The highest BCUT2D eigenvalue weighted by molar-refractivity contribution is 7.89. The molecule has 0 fully saturated rings. The Morgan fingerprint density at radius 2 is 2.26 bits per heavy atom. The van der Waals surface area contributed by atoms with E-state index in [1.165, 1.54) is 6.26 Å². The first kappa shape index (κ1) is 15.8. The van der Waals surface area contributed by atoms with Gasteiger partial charge in [0.05, 0.1) is 12.8 Å². The summed E-state index contributed by atoms with van der Waals surface area (Å²) in [4.78, 5) is 11.5. The van der Waals surface area contributed by atoms with E-state index in [1.54, 1.807) is 6.92 Å². The Bertz CT molecular complexity index is 566.